The van der Waals surface area contributed by atoms with Crippen molar-refractivity contribution in [3.05, 3.63) is 0 Å². The molecule has 0 spiro atoms. The van der Waals surface area contributed by atoms with Gasteiger partial charge in [0.15, 0.2) is 15.8 Å². The molecule has 0 saturated carbocycles. The molecule has 62 valence electrons. The minimum Gasteiger partial charge on any atom is -0.234 e. The third kappa shape index (κ3) is 4.54. The molecule has 7 heteroatoms. The van der Waals surface area contributed by atoms with Crippen LogP contribution in [0.2, 0.25) is 0 Å². The van der Waals surface area contributed by atoms with E-state index in [-0.39, 0.29) is 0 Å². The summed E-state index contributed by atoms with van der Waals surface area (Å²) in [5, 5.41) is 0. The standard InChI is InChI=1S/C3H4F4O2S/c4-2-10(8,9)1-3(5,6)7/h1-2H2. The molecule has 0 N–H and O–H groups in total. The summed E-state index contributed by atoms with van der Waals surface area (Å²) < 4.78 is 64.6. The predicted octanol–water partition coefficient (Wildman–Crippen LogP) is 0.891. The molecule has 0 rings (SSSR count). The zero-order valence-electron chi connectivity index (χ0n) is 4.65. The normalized spacial score (nSPS) is 13.6. The number of halogens is 4. The topological polar surface area (TPSA) is 34.1 Å². The lowest BCUT2D eigenvalue weighted by Gasteiger charge is -2.02. The minimum absolute atomic E-state index is 1.97. The molecule has 0 amide bonds. The molecule has 0 atom stereocenters. The zero-order valence-corrected chi connectivity index (χ0v) is 5.47. The van der Waals surface area contributed by atoms with Gasteiger partial charge in [0.2, 0.25) is 0 Å². The fourth-order valence-electron chi connectivity index (χ4n) is 0.288. The van der Waals surface area contributed by atoms with Crippen LogP contribution in [-0.4, -0.2) is 26.4 Å². The third-order valence-corrected chi connectivity index (χ3v) is 1.65. The van der Waals surface area contributed by atoms with Crippen LogP contribution in [0.4, 0.5) is 17.6 Å². The fraction of sp³-hybridized carbons (Fsp3) is 1.00. The van der Waals surface area contributed by atoms with E-state index in [1.165, 1.54) is 0 Å². The Kier molecular flexibility index (Phi) is 2.64. The Labute approximate surface area is 54.8 Å². The molecule has 10 heavy (non-hydrogen) atoms. The Bertz CT molecular complexity index is 191. The number of alkyl halides is 4. The molecule has 0 aromatic rings. The molecule has 0 aliphatic carbocycles. The van der Waals surface area contributed by atoms with Crippen LogP contribution in [0.1, 0.15) is 0 Å². The van der Waals surface area contributed by atoms with Crippen LogP contribution in [0.15, 0.2) is 0 Å². The molecule has 0 bridgehead atoms. The maximum atomic E-state index is 11.2. The van der Waals surface area contributed by atoms with E-state index in [9.17, 15) is 26.0 Å². The van der Waals surface area contributed by atoms with Crippen LogP contribution in [-0.2, 0) is 9.84 Å². The van der Waals surface area contributed by atoms with Crippen LogP contribution in [0.5, 0.6) is 0 Å². The Balaban J connectivity index is 4.18. The third-order valence-electron chi connectivity index (χ3n) is 0.550. The molecular formula is C3H4F4O2S. The van der Waals surface area contributed by atoms with Crippen molar-refractivity contribution in [3.63, 3.8) is 0 Å². The largest absolute Gasteiger partial charge is 0.402 e. The highest BCUT2D eigenvalue weighted by Crippen LogP contribution is 2.17. The molecular weight excluding hydrogens is 176 g/mol. The van der Waals surface area contributed by atoms with Gasteiger partial charge in [-0.3, -0.25) is 0 Å². The van der Waals surface area contributed by atoms with E-state index >= 15 is 0 Å². The summed E-state index contributed by atoms with van der Waals surface area (Å²) in [6.45, 7) is 0. The molecule has 0 aromatic heterocycles. The molecule has 0 radical (unpaired) electrons. The summed E-state index contributed by atoms with van der Waals surface area (Å²) in [6.07, 6.45) is -4.84. The van der Waals surface area contributed by atoms with Crippen molar-refractivity contribution in [3.8, 4) is 0 Å². The Morgan fingerprint density at radius 1 is 1.20 bits per heavy atom. The van der Waals surface area contributed by atoms with Crippen molar-refractivity contribution >= 4 is 9.84 Å². The molecule has 0 aromatic carbocycles. The molecule has 0 aliphatic heterocycles. The zero-order chi connectivity index (χ0) is 8.41. The van der Waals surface area contributed by atoms with Gasteiger partial charge in [0, 0.05) is 0 Å². The van der Waals surface area contributed by atoms with E-state index in [0.717, 1.165) is 0 Å². The minimum atomic E-state index is -4.84. The number of sulfone groups is 1. The predicted molar refractivity (Wildman–Crippen MR) is 25.8 cm³/mol. The van der Waals surface area contributed by atoms with E-state index in [2.05, 4.69) is 0 Å². The lowest BCUT2D eigenvalue weighted by atomic mass is 10.8. The van der Waals surface area contributed by atoms with Crippen LogP contribution >= 0.6 is 0 Å². The van der Waals surface area contributed by atoms with Gasteiger partial charge in [-0.25, -0.2) is 12.8 Å². The lowest BCUT2D eigenvalue weighted by molar-refractivity contribution is -0.106. The Morgan fingerprint density at radius 2 is 1.60 bits per heavy atom. The highest BCUT2D eigenvalue weighted by molar-refractivity contribution is 7.91. The van der Waals surface area contributed by atoms with Crippen molar-refractivity contribution in [2.24, 2.45) is 0 Å². The van der Waals surface area contributed by atoms with Gasteiger partial charge >= 0.3 is 6.18 Å². The Morgan fingerprint density at radius 3 is 1.70 bits per heavy atom. The van der Waals surface area contributed by atoms with Gasteiger partial charge in [0.05, 0.1) is 0 Å². The van der Waals surface area contributed by atoms with Crippen LogP contribution in [0.25, 0.3) is 0 Å². The van der Waals surface area contributed by atoms with Crippen molar-refractivity contribution in [2.45, 2.75) is 6.18 Å². The van der Waals surface area contributed by atoms with Crippen LogP contribution < -0.4 is 0 Å². The average molecular weight is 180 g/mol. The molecule has 0 aliphatic rings. The van der Waals surface area contributed by atoms with Gasteiger partial charge in [0.1, 0.15) is 5.75 Å². The van der Waals surface area contributed by atoms with Gasteiger partial charge in [-0.05, 0) is 0 Å². The lowest BCUT2D eigenvalue weighted by Crippen LogP contribution is -2.23. The average Bonchev–Trinajstić information content (AvgIpc) is 1.60. The summed E-state index contributed by atoms with van der Waals surface area (Å²) >= 11 is 0. The van der Waals surface area contributed by atoms with Crippen molar-refractivity contribution < 1.29 is 26.0 Å². The van der Waals surface area contributed by atoms with Gasteiger partial charge in [-0.15, -0.1) is 0 Å². The fourth-order valence-corrected chi connectivity index (χ4v) is 0.864. The summed E-state index contributed by atoms with van der Waals surface area (Å²) in [5.41, 5.74) is 0. The maximum absolute atomic E-state index is 11.2. The number of hydrogen-bond donors (Lipinski definition) is 0. The SMILES string of the molecule is O=S(=O)(CF)CC(F)(F)F. The van der Waals surface area contributed by atoms with Gasteiger partial charge in [-0.1, -0.05) is 0 Å². The summed E-state index contributed by atoms with van der Waals surface area (Å²) in [4.78, 5) is 0. The summed E-state index contributed by atoms with van der Waals surface area (Å²) in [7, 11) is -4.57. The first-order valence-corrected chi connectivity index (χ1v) is 3.92. The summed E-state index contributed by atoms with van der Waals surface area (Å²) in [6, 6.07) is -1.97. The highest BCUT2D eigenvalue weighted by atomic mass is 32.2. The second kappa shape index (κ2) is 2.73. The molecule has 0 heterocycles. The van der Waals surface area contributed by atoms with Crippen LogP contribution in [0.3, 0.4) is 0 Å². The quantitative estimate of drug-likeness (QED) is 0.591. The van der Waals surface area contributed by atoms with Crippen molar-refractivity contribution in [1.82, 2.24) is 0 Å². The van der Waals surface area contributed by atoms with Gasteiger partial charge < -0.3 is 0 Å². The summed E-state index contributed by atoms with van der Waals surface area (Å²) in [5.74, 6) is -2.09. The molecule has 0 unspecified atom stereocenters. The monoisotopic (exact) mass is 180 g/mol. The van der Waals surface area contributed by atoms with E-state index in [4.69, 9.17) is 0 Å². The van der Waals surface area contributed by atoms with Crippen molar-refractivity contribution in [2.75, 3.05) is 11.8 Å². The smallest absolute Gasteiger partial charge is 0.234 e. The number of hydrogen-bond acceptors (Lipinski definition) is 2. The molecule has 2 nitrogen and oxygen atoms in total. The maximum Gasteiger partial charge on any atom is 0.402 e. The van der Waals surface area contributed by atoms with Gasteiger partial charge in [-0.2, -0.15) is 13.2 Å². The number of rotatable bonds is 2. The first-order valence-electron chi connectivity index (χ1n) is 2.10. The Hall–Kier alpha value is -0.330. The van der Waals surface area contributed by atoms with Crippen LogP contribution in [0, 0.1) is 0 Å². The van der Waals surface area contributed by atoms with Gasteiger partial charge in [0.25, 0.3) is 0 Å². The van der Waals surface area contributed by atoms with E-state index < -0.39 is 27.8 Å². The first kappa shape index (κ1) is 9.67. The van der Waals surface area contributed by atoms with E-state index in [0.29, 0.717) is 0 Å². The van der Waals surface area contributed by atoms with Crippen molar-refractivity contribution in [1.29, 1.82) is 0 Å². The first-order chi connectivity index (χ1) is 4.27. The van der Waals surface area contributed by atoms with E-state index in [1.54, 1.807) is 0 Å². The highest BCUT2D eigenvalue weighted by Gasteiger charge is 2.34. The molecule has 0 saturated heterocycles. The second-order valence-electron chi connectivity index (χ2n) is 1.61. The molecule has 0 fully saturated rings. The second-order valence-corrected chi connectivity index (χ2v) is 3.61. The van der Waals surface area contributed by atoms with E-state index in [1.807, 2.05) is 0 Å².